The van der Waals surface area contributed by atoms with Crippen molar-refractivity contribution in [1.29, 1.82) is 5.41 Å². The van der Waals surface area contributed by atoms with Crippen LogP contribution in [0.15, 0.2) is 24.3 Å². The van der Waals surface area contributed by atoms with Gasteiger partial charge in [-0.25, -0.2) is 0 Å². The molecule has 18 heavy (non-hydrogen) atoms. The summed E-state index contributed by atoms with van der Waals surface area (Å²) >= 11 is 0. The van der Waals surface area contributed by atoms with Crippen molar-refractivity contribution in [2.75, 3.05) is 32.9 Å². The fourth-order valence-electron chi connectivity index (χ4n) is 2.57. The third-order valence-corrected chi connectivity index (χ3v) is 3.62. The van der Waals surface area contributed by atoms with E-state index in [1.165, 1.54) is 5.56 Å². The minimum absolute atomic E-state index is 0.179. The number of hydrogen-bond acceptors (Lipinski definition) is 3. The smallest absolute Gasteiger partial charge is 0.122 e. The molecule has 2 aliphatic rings. The van der Waals surface area contributed by atoms with Gasteiger partial charge in [0.1, 0.15) is 11.6 Å². The lowest BCUT2D eigenvalue weighted by molar-refractivity contribution is 0.0642. The van der Waals surface area contributed by atoms with Gasteiger partial charge in [0.15, 0.2) is 0 Å². The molecule has 0 aliphatic carbocycles. The van der Waals surface area contributed by atoms with E-state index in [2.05, 4.69) is 11.0 Å². The second-order valence-corrected chi connectivity index (χ2v) is 4.80. The van der Waals surface area contributed by atoms with Gasteiger partial charge in [-0.1, -0.05) is 18.2 Å². The van der Waals surface area contributed by atoms with Crippen molar-refractivity contribution < 1.29 is 9.47 Å². The maximum atomic E-state index is 8.31. The molecular formula is C14H18N2O2. The summed E-state index contributed by atoms with van der Waals surface area (Å²) in [4.78, 5) is 2.12. The Hall–Kier alpha value is -1.55. The summed E-state index contributed by atoms with van der Waals surface area (Å²) < 4.78 is 11.1. The summed E-state index contributed by atoms with van der Waals surface area (Å²) in [6, 6.07) is 8.12. The summed E-state index contributed by atoms with van der Waals surface area (Å²) in [6.45, 7) is 3.74. The number of hydrogen-bond donors (Lipinski definition) is 1. The Kier molecular flexibility index (Phi) is 3.19. The van der Waals surface area contributed by atoms with Crippen LogP contribution in [0.2, 0.25) is 0 Å². The van der Waals surface area contributed by atoms with Gasteiger partial charge < -0.3 is 14.4 Å². The lowest BCUT2D eigenvalue weighted by Gasteiger charge is -2.34. The molecular weight excluding hydrogens is 228 g/mol. The van der Waals surface area contributed by atoms with Crippen molar-refractivity contribution in [2.45, 2.75) is 6.42 Å². The molecule has 1 saturated heterocycles. The molecule has 1 aromatic carbocycles. The Bertz CT molecular complexity index is 441. The molecule has 1 aromatic rings. The highest BCUT2D eigenvalue weighted by atomic mass is 16.5. The van der Waals surface area contributed by atoms with Crippen molar-refractivity contribution >= 4 is 5.84 Å². The Balaban J connectivity index is 1.69. The van der Waals surface area contributed by atoms with E-state index in [0.717, 1.165) is 38.5 Å². The molecule has 1 fully saturated rings. The molecule has 0 saturated carbocycles. The van der Waals surface area contributed by atoms with Crippen LogP contribution in [-0.4, -0.2) is 43.6 Å². The molecule has 2 aliphatic heterocycles. The molecule has 4 nitrogen and oxygen atoms in total. The first-order valence-corrected chi connectivity index (χ1v) is 6.46. The molecule has 2 heterocycles. The van der Waals surface area contributed by atoms with Crippen LogP contribution in [-0.2, 0) is 11.2 Å². The zero-order chi connectivity index (χ0) is 12.4. The van der Waals surface area contributed by atoms with E-state index in [9.17, 15) is 0 Å². The molecule has 0 bridgehead atoms. The summed E-state index contributed by atoms with van der Waals surface area (Å²) in [5, 5.41) is 8.31. The topological polar surface area (TPSA) is 45.5 Å². The maximum absolute atomic E-state index is 8.31. The van der Waals surface area contributed by atoms with Crippen LogP contribution < -0.4 is 4.74 Å². The number of rotatable bonds is 1. The van der Waals surface area contributed by atoms with Crippen LogP contribution in [0, 0.1) is 11.3 Å². The molecule has 0 aromatic heterocycles. The van der Waals surface area contributed by atoms with Crippen LogP contribution >= 0.6 is 0 Å². The highest BCUT2D eigenvalue weighted by Crippen LogP contribution is 2.27. The SMILES string of the molecule is N=C(C1COc2ccccc2C1)N1CCOCC1. The molecule has 3 rings (SSSR count). The van der Waals surface area contributed by atoms with Crippen LogP contribution in [0.3, 0.4) is 0 Å². The normalized spacial score (nSPS) is 23.1. The van der Waals surface area contributed by atoms with Crippen LogP contribution in [0.5, 0.6) is 5.75 Å². The van der Waals surface area contributed by atoms with Gasteiger partial charge in [-0.2, -0.15) is 0 Å². The van der Waals surface area contributed by atoms with Crippen molar-refractivity contribution in [3.63, 3.8) is 0 Å². The highest BCUT2D eigenvalue weighted by Gasteiger charge is 2.27. The first-order valence-electron chi connectivity index (χ1n) is 6.46. The highest BCUT2D eigenvalue weighted by molar-refractivity contribution is 5.82. The second-order valence-electron chi connectivity index (χ2n) is 4.80. The van der Waals surface area contributed by atoms with E-state index in [-0.39, 0.29) is 5.92 Å². The summed E-state index contributed by atoms with van der Waals surface area (Å²) in [7, 11) is 0. The lowest BCUT2D eigenvalue weighted by atomic mass is 9.95. The zero-order valence-corrected chi connectivity index (χ0v) is 10.4. The van der Waals surface area contributed by atoms with Gasteiger partial charge in [-0.05, 0) is 18.1 Å². The zero-order valence-electron chi connectivity index (χ0n) is 10.4. The van der Waals surface area contributed by atoms with Gasteiger partial charge in [-0.3, -0.25) is 5.41 Å². The maximum Gasteiger partial charge on any atom is 0.122 e. The molecule has 0 amide bonds. The Morgan fingerprint density at radius 2 is 2.00 bits per heavy atom. The Morgan fingerprint density at radius 1 is 1.22 bits per heavy atom. The molecule has 0 spiro atoms. The van der Waals surface area contributed by atoms with Gasteiger partial charge in [0.25, 0.3) is 0 Å². The van der Waals surface area contributed by atoms with E-state index in [0.29, 0.717) is 12.4 Å². The number of para-hydroxylation sites is 1. The predicted molar refractivity (Wildman–Crippen MR) is 69.2 cm³/mol. The largest absolute Gasteiger partial charge is 0.493 e. The number of fused-ring (bicyclic) bond motifs is 1. The fraction of sp³-hybridized carbons (Fsp3) is 0.500. The number of morpholine rings is 1. The van der Waals surface area contributed by atoms with Crippen molar-refractivity contribution in [3.8, 4) is 5.75 Å². The second kappa shape index (κ2) is 4.98. The van der Waals surface area contributed by atoms with Crippen molar-refractivity contribution in [1.82, 2.24) is 4.90 Å². The minimum Gasteiger partial charge on any atom is -0.493 e. The quantitative estimate of drug-likeness (QED) is 0.604. The van der Waals surface area contributed by atoms with E-state index >= 15 is 0 Å². The molecule has 96 valence electrons. The number of amidine groups is 1. The van der Waals surface area contributed by atoms with Crippen molar-refractivity contribution in [2.24, 2.45) is 5.92 Å². The number of nitrogens with zero attached hydrogens (tertiary/aromatic N) is 1. The fourth-order valence-corrected chi connectivity index (χ4v) is 2.57. The monoisotopic (exact) mass is 246 g/mol. The van der Waals surface area contributed by atoms with Gasteiger partial charge >= 0.3 is 0 Å². The number of benzene rings is 1. The van der Waals surface area contributed by atoms with Gasteiger partial charge in [-0.15, -0.1) is 0 Å². The first-order chi connectivity index (χ1) is 8.84. The van der Waals surface area contributed by atoms with Crippen molar-refractivity contribution in [3.05, 3.63) is 29.8 Å². The predicted octanol–water partition coefficient (Wildman–Crippen LogP) is 1.55. The summed E-state index contributed by atoms with van der Waals surface area (Å²) in [5.74, 6) is 1.86. The number of ether oxygens (including phenoxy) is 2. The number of nitrogens with one attached hydrogen (secondary N) is 1. The van der Waals surface area contributed by atoms with Crippen LogP contribution in [0.1, 0.15) is 5.56 Å². The lowest BCUT2D eigenvalue weighted by Crippen LogP contribution is -2.45. The van der Waals surface area contributed by atoms with E-state index in [1.807, 2.05) is 18.2 Å². The minimum atomic E-state index is 0.179. The van der Waals surface area contributed by atoms with Crippen LogP contribution in [0.25, 0.3) is 0 Å². The van der Waals surface area contributed by atoms with E-state index in [4.69, 9.17) is 14.9 Å². The van der Waals surface area contributed by atoms with Gasteiger partial charge in [0, 0.05) is 13.1 Å². The summed E-state index contributed by atoms with van der Waals surface area (Å²) in [6.07, 6.45) is 0.909. The third kappa shape index (κ3) is 2.20. The average molecular weight is 246 g/mol. The molecule has 0 radical (unpaired) electrons. The molecule has 1 unspecified atom stereocenters. The standard InChI is InChI=1S/C14H18N2O2/c15-14(16-5-7-17-8-6-16)12-9-11-3-1-2-4-13(11)18-10-12/h1-4,12,15H,5-10H2. The Labute approximate surface area is 107 Å². The summed E-state index contributed by atoms with van der Waals surface area (Å²) in [5.41, 5.74) is 1.21. The molecule has 1 atom stereocenters. The molecule has 4 heteroatoms. The molecule has 1 N–H and O–H groups in total. The van der Waals surface area contributed by atoms with Gasteiger partial charge in [0.05, 0.1) is 25.7 Å². The van der Waals surface area contributed by atoms with Gasteiger partial charge in [0.2, 0.25) is 0 Å². The van der Waals surface area contributed by atoms with Crippen LogP contribution in [0.4, 0.5) is 0 Å². The third-order valence-electron chi connectivity index (χ3n) is 3.62. The first kappa shape index (κ1) is 11.5. The Morgan fingerprint density at radius 3 is 2.83 bits per heavy atom. The average Bonchev–Trinajstić information content (AvgIpc) is 2.47. The van der Waals surface area contributed by atoms with E-state index in [1.54, 1.807) is 0 Å². The van der Waals surface area contributed by atoms with E-state index < -0.39 is 0 Å².